The van der Waals surface area contributed by atoms with Gasteiger partial charge in [0, 0.05) is 0 Å². The van der Waals surface area contributed by atoms with Crippen LogP contribution in [0.3, 0.4) is 0 Å². The van der Waals surface area contributed by atoms with E-state index >= 15 is 0 Å². The van der Waals surface area contributed by atoms with E-state index in [0.717, 1.165) is 12.8 Å². The van der Waals surface area contributed by atoms with E-state index in [2.05, 4.69) is 13.5 Å². The standard InChI is InChI=1S/C5H10O.C4H8/c1-2-3-4-5-6;1-3-4-2/h3-4,6H,2,5H2,1H3;3H,1,4H2,2H3/b4-3+;. The van der Waals surface area contributed by atoms with Crippen molar-refractivity contribution in [2.24, 2.45) is 0 Å². The number of aliphatic hydroxyl groups is 1. The topological polar surface area (TPSA) is 20.2 Å². The van der Waals surface area contributed by atoms with Gasteiger partial charge in [0.2, 0.25) is 0 Å². The first-order valence-electron chi connectivity index (χ1n) is 3.70. The zero-order valence-corrected chi connectivity index (χ0v) is 7.01. The summed E-state index contributed by atoms with van der Waals surface area (Å²) < 4.78 is 0. The van der Waals surface area contributed by atoms with E-state index in [-0.39, 0.29) is 6.61 Å². The van der Waals surface area contributed by atoms with E-state index in [4.69, 9.17) is 5.11 Å². The normalized spacial score (nSPS) is 8.70. The van der Waals surface area contributed by atoms with Crippen molar-refractivity contribution in [3.63, 3.8) is 0 Å². The third-order valence-electron chi connectivity index (χ3n) is 0.796. The maximum absolute atomic E-state index is 8.11. The first-order chi connectivity index (χ1) is 4.83. The molecule has 1 N–H and O–H groups in total. The smallest absolute Gasteiger partial charge is 0.0612 e. The predicted molar refractivity (Wildman–Crippen MR) is 47.0 cm³/mol. The van der Waals surface area contributed by atoms with Gasteiger partial charge < -0.3 is 5.11 Å². The quantitative estimate of drug-likeness (QED) is 0.600. The van der Waals surface area contributed by atoms with Gasteiger partial charge in [-0.3, -0.25) is 0 Å². The Bertz CT molecular complexity index is 68.8. The molecule has 0 bridgehead atoms. The van der Waals surface area contributed by atoms with Crippen molar-refractivity contribution < 1.29 is 5.11 Å². The van der Waals surface area contributed by atoms with Crippen molar-refractivity contribution in [2.75, 3.05) is 6.61 Å². The summed E-state index contributed by atoms with van der Waals surface area (Å²) in [6.45, 7) is 7.75. The Morgan fingerprint density at radius 2 is 1.70 bits per heavy atom. The van der Waals surface area contributed by atoms with Crippen LogP contribution in [0.2, 0.25) is 0 Å². The first-order valence-corrected chi connectivity index (χ1v) is 3.70. The summed E-state index contributed by atoms with van der Waals surface area (Å²) in [6, 6.07) is 0. The summed E-state index contributed by atoms with van der Waals surface area (Å²) in [6.07, 6.45) is 7.64. The van der Waals surface area contributed by atoms with Gasteiger partial charge in [0.05, 0.1) is 6.61 Å². The van der Waals surface area contributed by atoms with E-state index in [1.807, 2.05) is 19.1 Å². The molecule has 0 aromatic carbocycles. The van der Waals surface area contributed by atoms with Crippen molar-refractivity contribution in [3.8, 4) is 0 Å². The molecule has 60 valence electrons. The second-order valence-electron chi connectivity index (χ2n) is 1.76. The summed E-state index contributed by atoms with van der Waals surface area (Å²) in [5, 5.41) is 8.11. The molecule has 0 radical (unpaired) electrons. The molecule has 0 aromatic rings. The largest absolute Gasteiger partial charge is 0.392 e. The Hall–Kier alpha value is -0.560. The van der Waals surface area contributed by atoms with Crippen LogP contribution in [0.15, 0.2) is 24.8 Å². The fourth-order valence-corrected chi connectivity index (χ4v) is 0.241. The molecule has 0 atom stereocenters. The number of hydrogen-bond donors (Lipinski definition) is 1. The van der Waals surface area contributed by atoms with Crippen LogP contribution in [0.5, 0.6) is 0 Å². The van der Waals surface area contributed by atoms with Crippen LogP contribution in [-0.2, 0) is 0 Å². The molecule has 0 aliphatic carbocycles. The Morgan fingerprint density at radius 1 is 1.20 bits per heavy atom. The van der Waals surface area contributed by atoms with Crippen LogP contribution >= 0.6 is 0 Å². The lowest BCUT2D eigenvalue weighted by Gasteiger charge is -1.72. The van der Waals surface area contributed by atoms with Gasteiger partial charge in [-0.05, 0) is 12.8 Å². The van der Waals surface area contributed by atoms with E-state index in [9.17, 15) is 0 Å². The van der Waals surface area contributed by atoms with Crippen LogP contribution < -0.4 is 0 Å². The summed E-state index contributed by atoms with van der Waals surface area (Å²) in [4.78, 5) is 0. The second kappa shape index (κ2) is 15.8. The minimum absolute atomic E-state index is 0.174. The average Bonchev–Trinajstić information content (AvgIpc) is 2.01. The van der Waals surface area contributed by atoms with Crippen LogP contribution in [0.25, 0.3) is 0 Å². The fourth-order valence-electron chi connectivity index (χ4n) is 0.241. The minimum atomic E-state index is 0.174. The van der Waals surface area contributed by atoms with Gasteiger partial charge in [-0.2, -0.15) is 0 Å². The van der Waals surface area contributed by atoms with Gasteiger partial charge in [-0.15, -0.1) is 6.58 Å². The molecule has 0 saturated carbocycles. The molecular formula is C9H18O. The minimum Gasteiger partial charge on any atom is -0.392 e. The summed E-state index contributed by atoms with van der Waals surface area (Å²) in [5.74, 6) is 0. The Morgan fingerprint density at radius 3 is 1.80 bits per heavy atom. The number of aliphatic hydroxyl groups excluding tert-OH is 1. The zero-order chi connectivity index (χ0) is 8.24. The van der Waals surface area contributed by atoms with Gasteiger partial charge in [0.1, 0.15) is 0 Å². The molecule has 0 aliphatic heterocycles. The molecular weight excluding hydrogens is 124 g/mol. The Labute approximate surface area is 64.1 Å². The van der Waals surface area contributed by atoms with Crippen molar-refractivity contribution in [1.82, 2.24) is 0 Å². The Balaban J connectivity index is 0. The Kier molecular flexibility index (Phi) is 19.2. The van der Waals surface area contributed by atoms with Crippen LogP contribution in [0.4, 0.5) is 0 Å². The van der Waals surface area contributed by atoms with Crippen LogP contribution in [-0.4, -0.2) is 11.7 Å². The van der Waals surface area contributed by atoms with Gasteiger partial charge in [-0.1, -0.05) is 32.1 Å². The molecule has 0 fully saturated rings. The maximum atomic E-state index is 8.11. The van der Waals surface area contributed by atoms with E-state index in [1.165, 1.54) is 0 Å². The molecule has 0 saturated heterocycles. The highest BCUT2D eigenvalue weighted by Crippen LogP contribution is 1.74. The maximum Gasteiger partial charge on any atom is 0.0612 e. The molecule has 0 amide bonds. The molecule has 0 unspecified atom stereocenters. The number of rotatable bonds is 3. The predicted octanol–water partition coefficient (Wildman–Crippen LogP) is 2.53. The van der Waals surface area contributed by atoms with Gasteiger partial charge >= 0.3 is 0 Å². The number of allylic oxidation sites excluding steroid dienone is 2. The third-order valence-corrected chi connectivity index (χ3v) is 0.796. The lowest BCUT2D eigenvalue weighted by atomic mass is 10.4. The summed E-state index contributed by atoms with van der Waals surface area (Å²) >= 11 is 0. The fraction of sp³-hybridized carbons (Fsp3) is 0.556. The molecule has 1 heteroatoms. The highest BCUT2D eigenvalue weighted by atomic mass is 16.2. The van der Waals surface area contributed by atoms with Gasteiger partial charge in [0.25, 0.3) is 0 Å². The molecule has 0 spiro atoms. The molecule has 10 heavy (non-hydrogen) atoms. The van der Waals surface area contributed by atoms with E-state index < -0.39 is 0 Å². The van der Waals surface area contributed by atoms with Crippen LogP contribution in [0.1, 0.15) is 26.7 Å². The van der Waals surface area contributed by atoms with Crippen molar-refractivity contribution in [2.45, 2.75) is 26.7 Å². The van der Waals surface area contributed by atoms with Crippen molar-refractivity contribution in [1.29, 1.82) is 0 Å². The SMILES string of the molecule is C=CCC.CC/C=C/CO. The average molecular weight is 142 g/mol. The monoisotopic (exact) mass is 142 g/mol. The first kappa shape index (κ1) is 12.1. The summed E-state index contributed by atoms with van der Waals surface area (Å²) in [7, 11) is 0. The highest BCUT2D eigenvalue weighted by molar-refractivity contribution is 4.78. The number of hydrogen-bond acceptors (Lipinski definition) is 1. The molecule has 0 aliphatic rings. The molecule has 0 aromatic heterocycles. The zero-order valence-electron chi connectivity index (χ0n) is 7.01. The molecule has 0 heterocycles. The van der Waals surface area contributed by atoms with Gasteiger partial charge in [-0.25, -0.2) is 0 Å². The second-order valence-corrected chi connectivity index (χ2v) is 1.76. The third kappa shape index (κ3) is 26.1. The molecule has 1 nitrogen and oxygen atoms in total. The highest BCUT2D eigenvalue weighted by Gasteiger charge is 1.60. The summed E-state index contributed by atoms with van der Waals surface area (Å²) in [5.41, 5.74) is 0. The van der Waals surface area contributed by atoms with E-state index in [0.29, 0.717) is 0 Å². The van der Waals surface area contributed by atoms with E-state index in [1.54, 1.807) is 6.08 Å². The van der Waals surface area contributed by atoms with Crippen molar-refractivity contribution in [3.05, 3.63) is 24.8 Å². The lowest BCUT2D eigenvalue weighted by molar-refractivity contribution is 0.342. The lowest BCUT2D eigenvalue weighted by Crippen LogP contribution is -1.67. The van der Waals surface area contributed by atoms with Crippen LogP contribution in [0, 0.1) is 0 Å². The van der Waals surface area contributed by atoms with Gasteiger partial charge in [0.15, 0.2) is 0 Å². The van der Waals surface area contributed by atoms with Crippen molar-refractivity contribution >= 4 is 0 Å². The molecule has 0 rings (SSSR count).